The molecule has 0 saturated carbocycles. The quantitative estimate of drug-likeness (QED) is 0.383. The summed E-state index contributed by atoms with van der Waals surface area (Å²) in [7, 11) is -4.68. The van der Waals surface area contributed by atoms with Crippen LogP contribution >= 0.6 is 0 Å². The van der Waals surface area contributed by atoms with E-state index in [-0.39, 0.29) is 46.3 Å². The third-order valence-electron chi connectivity index (χ3n) is 2.99. The number of aliphatic hydroxyl groups excluding tert-OH is 1. The van der Waals surface area contributed by atoms with Gasteiger partial charge in [-0.3, -0.25) is 4.55 Å². The van der Waals surface area contributed by atoms with E-state index >= 15 is 0 Å². The van der Waals surface area contributed by atoms with Crippen molar-refractivity contribution in [3.05, 3.63) is 22.6 Å². The molecule has 1 aromatic carbocycles. The summed E-state index contributed by atoms with van der Waals surface area (Å²) in [5, 5.41) is 45.3. The Labute approximate surface area is 159 Å². The summed E-state index contributed by atoms with van der Waals surface area (Å²) in [5.74, 6) is -0.182. The van der Waals surface area contributed by atoms with E-state index in [1.807, 2.05) is 0 Å². The first-order valence-electron chi connectivity index (χ1n) is 7.32. The molecular weight excluding hydrogens is 392 g/mol. The molecule has 0 aliphatic rings. The Morgan fingerprint density at radius 2 is 1.29 bits per heavy atom. The minimum Gasteiger partial charge on any atom is -0.490 e. The predicted octanol–water partition coefficient (Wildman–Crippen LogP) is -1.35. The molecule has 0 aliphatic heterocycles. The van der Waals surface area contributed by atoms with Crippen molar-refractivity contribution in [2.45, 2.75) is 0 Å². The van der Waals surface area contributed by atoms with Gasteiger partial charge in [-0.25, -0.2) is 4.18 Å². The van der Waals surface area contributed by atoms with E-state index in [4.69, 9.17) is 40.2 Å². The van der Waals surface area contributed by atoms with Gasteiger partial charge in [-0.15, -0.1) is 0 Å². The number of hydrogen-bond donors (Lipinski definition) is 2. The molecule has 0 aromatic heterocycles. The van der Waals surface area contributed by atoms with Crippen LogP contribution in [0.1, 0.15) is 0 Å². The highest BCUT2D eigenvalue weighted by molar-refractivity contribution is 7.80. The summed E-state index contributed by atoms with van der Waals surface area (Å²) in [6.45, 7) is -1.56. The minimum absolute atomic E-state index is 0.0249. The van der Waals surface area contributed by atoms with Gasteiger partial charge < -0.3 is 14.6 Å². The van der Waals surface area contributed by atoms with Crippen molar-refractivity contribution < 1.29 is 31.7 Å². The van der Waals surface area contributed by atoms with Crippen LogP contribution in [-0.4, -0.2) is 44.5 Å². The van der Waals surface area contributed by atoms with Crippen LogP contribution in [0.2, 0.25) is 0 Å². The fourth-order valence-corrected chi connectivity index (χ4v) is 2.21. The van der Waals surface area contributed by atoms with Crippen molar-refractivity contribution in [3.8, 4) is 35.8 Å². The van der Waals surface area contributed by atoms with Crippen LogP contribution in [0.5, 0.6) is 11.5 Å². The maximum atomic E-state index is 10.6. The van der Waals surface area contributed by atoms with E-state index in [2.05, 4.69) is 4.18 Å². The van der Waals surface area contributed by atoms with E-state index in [9.17, 15) is 8.42 Å². The van der Waals surface area contributed by atoms with Gasteiger partial charge in [0.25, 0.3) is 0 Å². The van der Waals surface area contributed by atoms with Crippen molar-refractivity contribution >= 4 is 21.5 Å². The lowest BCUT2D eigenvalue weighted by Gasteiger charge is -2.11. The molecule has 0 radical (unpaired) electrons. The van der Waals surface area contributed by atoms with Crippen molar-refractivity contribution in [1.82, 2.24) is 0 Å². The van der Waals surface area contributed by atoms with Gasteiger partial charge in [-0.2, -0.15) is 29.5 Å². The Morgan fingerprint density at radius 1 is 0.857 bits per heavy atom. The monoisotopic (exact) mass is 404 g/mol. The van der Waals surface area contributed by atoms with Crippen LogP contribution < -0.4 is 19.9 Å². The highest BCUT2D eigenvalue weighted by atomic mass is 32.3. The van der Waals surface area contributed by atoms with Crippen LogP contribution in [0, 0.1) is 45.3 Å². The SMILES string of the molecule is N#CC(C#N)=c1cc(OCCOS(=O)(=O)O)c(=C(C#N)C#N)cc1OCCO. The summed E-state index contributed by atoms with van der Waals surface area (Å²) >= 11 is 0. The molecule has 0 saturated heterocycles. The van der Waals surface area contributed by atoms with Gasteiger partial charge in [0, 0.05) is 10.4 Å². The standard InChI is InChI=1S/C16H12N4O7S/c17-7-11(8-18)13-6-16(26-3-4-27-28(22,23)24)14(12(9-19)10-20)5-15(13)25-2-1-21/h5-6,21H,1-4H2,(H,22,23,24). The Balaban J connectivity index is 3.63. The molecule has 12 heteroatoms. The van der Waals surface area contributed by atoms with Crippen molar-refractivity contribution in [1.29, 1.82) is 21.0 Å². The van der Waals surface area contributed by atoms with Crippen molar-refractivity contribution in [2.75, 3.05) is 26.4 Å². The van der Waals surface area contributed by atoms with Gasteiger partial charge in [0.2, 0.25) is 0 Å². The normalized spacial score (nSPS) is 9.93. The highest BCUT2D eigenvalue weighted by Gasteiger charge is 2.12. The second-order valence-corrected chi connectivity index (χ2v) is 5.80. The molecule has 11 nitrogen and oxygen atoms in total. The zero-order valence-corrected chi connectivity index (χ0v) is 14.9. The zero-order chi connectivity index (χ0) is 21.2. The molecule has 2 N–H and O–H groups in total. The number of rotatable bonds is 8. The molecule has 0 fully saturated rings. The molecule has 0 heterocycles. The summed E-state index contributed by atoms with van der Waals surface area (Å²) in [6, 6.07) is 8.96. The Kier molecular flexibility index (Phi) is 8.39. The van der Waals surface area contributed by atoms with Crippen LogP contribution in [0.4, 0.5) is 0 Å². The summed E-state index contributed by atoms with van der Waals surface area (Å²) in [6.07, 6.45) is 0. The first-order chi connectivity index (χ1) is 13.3. The molecule has 1 aromatic rings. The Bertz CT molecular complexity index is 1100. The molecule has 0 amide bonds. The second-order valence-electron chi connectivity index (χ2n) is 4.71. The lowest BCUT2D eigenvalue weighted by Crippen LogP contribution is -2.22. The number of benzene rings is 1. The molecule has 144 valence electrons. The van der Waals surface area contributed by atoms with E-state index in [1.165, 1.54) is 6.07 Å². The molecule has 28 heavy (non-hydrogen) atoms. The molecule has 0 unspecified atom stereocenters. The van der Waals surface area contributed by atoms with E-state index in [1.54, 1.807) is 24.3 Å². The number of nitrogens with zero attached hydrogens (tertiary/aromatic N) is 4. The maximum Gasteiger partial charge on any atom is 0.397 e. The van der Waals surface area contributed by atoms with Gasteiger partial charge in [0.1, 0.15) is 66.7 Å². The second kappa shape index (κ2) is 10.5. The Morgan fingerprint density at radius 3 is 1.64 bits per heavy atom. The average molecular weight is 404 g/mol. The molecule has 0 bridgehead atoms. The largest absolute Gasteiger partial charge is 0.490 e. The highest BCUT2D eigenvalue weighted by Crippen LogP contribution is 2.11. The zero-order valence-electron chi connectivity index (χ0n) is 14.1. The number of ether oxygens (including phenoxy) is 2. The Hall–Kier alpha value is -3.65. The lowest BCUT2D eigenvalue weighted by molar-refractivity contribution is 0.197. The summed E-state index contributed by atoms with van der Waals surface area (Å²) in [4.78, 5) is 0. The van der Waals surface area contributed by atoms with Gasteiger partial charge >= 0.3 is 10.4 Å². The van der Waals surface area contributed by atoms with Gasteiger partial charge in [0.05, 0.1) is 6.61 Å². The van der Waals surface area contributed by atoms with Crippen molar-refractivity contribution in [3.63, 3.8) is 0 Å². The van der Waals surface area contributed by atoms with E-state index in [0.717, 1.165) is 6.07 Å². The van der Waals surface area contributed by atoms with Crippen molar-refractivity contribution in [2.24, 2.45) is 0 Å². The first-order valence-corrected chi connectivity index (χ1v) is 8.69. The predicted molar refractivity (Wildman–Crippen MR) is 90.5 cm³/mol. The number of nitriles is 4. The molecule has 0 aliphatic carbocycles. The third kappa shape index (κ3) is 6.26. The van der Waals surface area contributed by atoms with E-state index in [0.29, 0.717) is 0 Å². The molecule has 0 spiro atoms. The maximum absolute atomic E-state index is 10.6. The van der Waals surface area contributed by atoms with Gasteiger partial charge in [-0.05, 0) is 12.1 Å². The average Bonchev–Trinajstić information content (AvgIpc) is 2.66. The van der Waals surface area contributed by atoms with Crippen LogP contribution in [0.15, 0.2) is 12.1 Å². The van der Waals surface area contributed by atoms with Crippen LogP contribution in [-0.2, 0) is 14.6 Å². The fraction of sp³-hybridized carbons (Fsp3) is 0.250. The van der Waals surface area contributed by atoms with Gasteiger partial charge in [-0.1, -0.05) is 0 Å². The molecule has 1 rings (SSSR count). The van der Waals surface area contributed by atoms with Gasteiger partial charge in [0.15, 0.2) is 0 Å². The topological polar surface area (TPSA) is 197 Å². The molecule has 0 atom stereocenters. The minimum atomic E-state index is -4.68. The fourth-order valence-electron chi connectivity index (χ4n) is 1.93. The number of aliphatic hydroxyl groups is 1. The van der Waals surface area contributed by atoms with Crippen LogP contribution in [0.3, 0.4) is 0 Å². The molecular formula is C16H12N4O7S. The van der Waals surface area contributed by atoms with Crippen LogP contribution in [0.25, 0.3) is 11.1 Å². The first kappa shape index (κ1) is 22.4. The summed E-state index contributed by atoms with van der Waals surface area (Å²) < 4.78 is 44.3. The number of hydrogen-bond acceptors (Lipinski definition) is 10. The lowest BCUT2D eigenvalue weighted by atomic mass is 10.1. The third-order valence-corrected chi connectivity index (χ3v) is 3.45. The van der Waals surface area contributed by atoms with E-state index < -0.39 is 23.6 Å². The smallest absolute Gasteiger partial charge is 0.397 e. The summed E-state index contributed by atoms with van der Waals surface area (Å²) in [5.41, 5.74) is -0.754.